The van der Waals surface area contributed by atoms with Crippen molar-refractivity contribution in [2.24, 2.45) is 0 Å². The topological polar surface area (TPSA) is 93.8 Å². The standard InChI is InChI=1S/C16H16N4O2S/c1-3-20-13(17)12(14(21)19-16(20)22)11-8-23-15(18-11)10-6-4-5-9(2)7-10/h4-8H,3,17H2,1-2H3,(H,19,21,22). The van der Waals surface area contributed by atoms with Crippen LogP contribution >= 0.6 is 11.3 Å². The van der Waals surface area contributed by atoms with Crippen LogP contribution < -0.4 is 17.0 Å². The summed E-state index contributed by atoms with van der Waals surface area (Å²) in [5.74, 6) is 0.141. The maximum Gasteiger partial charge on any atom is 0.329 e. The first-order chi connectivity index (χ1) is 11.0. The van der Waals surface area contributed by atoms with Crippen molar-refractivity contribution in [3.8, 4) is 21.8 Å². The van der Waals surface area contributed by atoms with Gasteiger partial charge in [-0.15, -0.1) is 11.3 Å². The minimum atomic E-state index is -0.515. The molecule has 0 fully saturated rings. The molecule has 3 rings (SSSR count). The van der Waals surface area contributed by atoms with Crippen molar-refractivity contribution in [2.45, 2.75) is 20.4 Å². The maximum atomic E-state index is 12.1. The first kappa shape index (κ1) is 15.2. The second-order valence-corrected chi connectivity index (χ2v) is 6.03. The SMILES string of the molecule is CCn1c(N)c(-c2csc(-c3cccc(C)c3)n2)c(=O)[nH]c1=O. The van der Waals surface area contributed by atoms with Gasteiger partial charge in [0.2, 0.25) is 0 Å². The van der Waals surface area contributed by atoms with Gasteiger partial charge in [0.05, 0.1) is 5.69 Å². The van der Waals surface area contributed by atoms with Gasteiger partial charge in [0, 0.05) is 17.5 Å². The number of hydrogen-bond acceptors (Lipinski definition) is 5. The molecule has 0 bridgehead atoms. The van der Waals surface area contributed by atoms with Gasteiger partial charge in [0.15, 0.2) is 0 Å². The van der Waals surface area contributed by atoms with Crippen LogP contribution in [0.25, 0.3) is 21.8 Å². The van der Waals surface area contributed by atoms with E-state index in [2.05, 4.69) is 9.97 Å². The summed E-state index contributed by atoms with van der Waals surface area (Å²) in [6.07, 6.45) is 0. The van der Waals surface area contributed by atoms with Crippen LogP contribution in [0.3, 0.4) is 0 Å². The van der Waals surface area contributed by atoms with E-state index < -0.39 is 11.2 Å². The van der Waals surface area contributed by atoms with E-state index in [-0.39, 0.29) is 11.4 Å². The van der Waals surface area contributed by atoms with E-state index in [0.29, 0.717) is 12.2 Å². The molecule has 3 aromatic rings. The van der Waals surface area contributed by atoms with E-state index in [1.165, 1.54) is 15.9 Å². The third kappa shape index (κ3) is 2.70. The molecular formula is C16H16N4O2S. The average Bonchev–Trinajstić information content (AvgIpc) is 2.96. The highest BCUT2D eigenvalue weighted by atomic mass is 32.1. The number of nitrogen functional groups attached to an aromatic ring is 1. The van der Waals surface area contributed by atoms with E-state index in [4.69, 9.17) is 5.73 Å². The van der Waals surface area contributed by atoms with Gasteiger partial charge >= 0.3 is 5.69 Å². The largest absolute Gasteiger partial charge is 0.384 e. The summed E-state index contributed by atoms with van der Waals surface area (Å²) in [4.78, 5) is 30.7. The Bertz CT molecular complexity index is 984. The first-order valence-corrected chi connectivity index (χ1v) is 8.04. The molecule has 23 heavy (non-hydrogen) atoms. The fraction of sp³-hybridized carbons (Fsp3) is 0.188. The summed E-state index contributed by atoms with van der Waals surface area (Å²) in [6.45, 7) is 4.18. The predicted octanol–water partition coefficient (Wildman–Crippen LogP) is 2.24. The van der Waals surface area contributed by atoms with Crippen molar-refractivity contribution in [3.63, 3.8) is 0 Å². The Kier molecular flexibility index (Phi) is 3.87. The maximum absolute atomic E-state index is 12.1. The lowest BCUT2D eigenvalue weighted by Gasteiger charge is -2.08. The van der Waals surface area contributed by atoms with Gasteiger partial charge in [0.1, 0.15) is 16.4 Å². The van der Waals surface area contributed by atoms with Crippen LogP contribution in [0.5, 0.6) is 0 Å². The van der Waals surface area contributed by atoms with Gasteiger partial charge in [-0.3, -0.25) is 14.3 Å². The Hall–Kier alpha value is -2.67. The van der Waals surface area contributed by atoms with E-state index in [1.807, 2.05) is 31.2 Å². The number of rotatable bonds is 3. The lowest BCUT2D eigenvalue weighted by atomic mass is 10.1. The number of anilines is 1. The summed E-state index contributed by atoms with van der Waals surface area (Å²) >= 11 is 1.43. The summed E-state index contributed by atoms with van der Waals surface area (Å²) in [6, 6.07) is 7.97. The quantitative estimate of drug-likeness (QED) is 0.771. The molecule has 0 saturated heterocycles. The van der Waals surface area contributed by atoms with Crippen LogP contribution in [-0.2, 0) is 6.54 Å². The lowest BCUT2D eigenvalue weighted by molar-refractivity contribution is 0.706. The number of benzene rings is 1. The highest BCUT2D eigenvalue weighted by Crippen LogP contribution is 2.29. The van der Waals surface area contributed by atoms with E-state index in [1.54, 1.807) is 12.3 Å². The number of hydrogen-bond donors (Lipinski definition) is 2. The van der Waals surface area contributed by atoms with Gasteiger partial charge in [-0.25, -0.2) is 9.78 Å². The smallest absolute Gasteiger partial charge is 0.329 e. The zero-order chi connectivity index (χ0) is 16.6. The zero-order valence-corrected chi connectivity index (χ0v) is 13.6. The summed E-state index contributed by atoms with van der Waals surface area (Å²) in [5, 5.41) is 2.58. The Balaban J connectivity index is 2.15. The number of nitrogens with one attached hydrogen (secondary N) is 1. The van der Waals surface area contributed by atoms with Gasteiger partial charge in [-0.2, -0.15) is 0 Å². The summed E-state index contributed by atoms with van der Waals surface area (Å²) in [5.41, 5.74) is 7.82. The third-order valence-electron chi connectivity index (χ3n) is 3.58. The van der Waals surface area contributed by atoms with Crippen molar-refractivity contribution < 1.29 is 0 Å². The van der Waals surface area contributed by atoms with Crippen LogP contribution in [0, 0.1) is 6.92 Å². The third-order valence-corrected chi connectivity index (χ3v) is 4.47. The van der Waals surface area contributed by atoms with Crippen molar-refractivity contribution >= 4 is 17.2 Å². The number of nitrogens with two attached hydrogens (primary N) is 1. The molecule has 3 N–H and O–H groups in total. The second kappa shape index (κ2) is 5.85. The molecule has 6 nitrogen and oxygen atoms in total. The monoisotopic (exact) mass is 328 g/mol. The van der Waals surface area contributed by atoms with Crippen LogP contribution in [0.15, 0.2) is 39.2 Å². The Labute approximate surface area is 136 Å². The van der Waals surface area contributed by atoms with Gasteiger partial charge in [-0.1, -0.05) is 23.8 Å². The van der Waals surface area contributed by atoms with Crippen LogP contribution in [-0.4, -0.2) is 14.5 Å². The zero-order valence-electron chi connectivity index (χ0n) is 12.8. The number of nitrogens with zero attached hydrogens (tertiary/aromatic N) is 2. The van der Waals surface area contributed by atoms with Crippen molar-refractivity contribution in [3.05, 3.63) is 56.0 Å². The van der Waals surface area contributed by atoms with E-state index in [9.17, 15) is 9.59 Å². The molecule has 0 amide bonds. The van der Waals surface area contributed by atoms with E-state index >= 15 is 0 Å². The number of aromatic nitrogens is 3. The molecule has 118 valence electrons. The first-order valence-electron chi connectivity index (χ1n) is 7.16. The number of aromatic amines is 1. The summed E-state index contributed by atoms with van der Waals surface area (Å²) < 4.78 is 1.32. The highest BCUT2D eigenvalue weighted by molar-refractivity contribution is 7.13. The fourth-order valence-electron chi connectivity index (χ4n) is 2.45. The lowest BCUT2D eigenvalue weighted by Crippen LogP contribution is -2.32. The highest BCUT2D eigenvalue weighted by Gasteiger charge is 2.16. The molecule has 0 unspecified atom stereocenters. The Morgan fingerprint density at radius 1 is 1.35 bits per heavy atom. The predicted molar refractivity (Wildman–Crippen MR) is 92.7 cm³/mol. The molecule has 0 aliphatic carbocycles. The molecule has 2 heterocycles. The normalized spacial score (nSPS) is 10.9. The minimum absolute atomic E-state index is 0.141. The molecule has 0 spiro atoms. The Morgan fingerprint density at radius 2 is 2.13 bits per heavy atom. The Morgan fingerprint density at radius 3 is 2.83 bits per heavy atom. The number of H-pyrrole nitrogens is 1. The van der Waals surface area contributed by atoms with Crippen molar-refractivity contribution in [1.29, 1.82) is 0 Å². The minimum Gasteiger partial charge on any atom is -0.384 e. The molecule has 7 heteroatoms. The second-order valence-electron chi connectivity index (χ2n) is 5.17. The molecular weight excluding hydrogens is 312 g/mol. The molecule has 0 radical (unpaired) electrons. The van der Waals surface area contributed by atoms with Gasteiger partial charge < -0.3 is 5.73 Å². The van der Waals surface area contributed by atoms with Crippen molar-refractivity contribution in [1.82, 2.24) is 14.5 Å². The fourth-order valence-corrected chi connectivity index (χ4v) is 3.26. The van der Waals surface area contributed by atoms with Gasteiger partial charge in [-0.05, 0) is 19.9 Å². The van der Waals surface area contributed by atoms with Crippen LogP contribution in [0.2, 0.25) is 0 Å². The molecule has 2 aromatic heterocycles. The molecule has 0 saturated carbocycles. The van der Waals surface area contributed by atoms with Crippen LogP contribution in [0.4, 0.5) is 5.82 Å². The number of thiazole rings is 1. The molecule has 1 aromatic carbocycles. The molecule has 0 aliphatic heterocycles. The number of aryl methyl sites for hydroxylation is 1. The van der Waals surface area contributed by atoms with Gasteiger partial charge in [0.25, 0.3) is 5.56 Å². The van der Waals surface area contributed by atoms with Crippen molar-refractivity contribution in [2.75, 3.05) is 5.73 Å². The average molecular weight is 328 g/mol. The molecule has 0 atom stereocenters. The molecule has 0 aliphatic rings. The van der Waals surface area contributed by atoms with Crippen LogP contribution in [0.1, 0.15) is 12.5 Å². The summed E-state index contributed by atoms with van der Waals surface area (Å²) in [7, 11) is 0. The van der Waals surface area contributed by atoms with E-state index in [0.717, 1.165) is 16.1 Å².